The molecule has 0 bridgehead atoms. The Morgan fingerprint density at radius 1 is 1.21 bits per heavy atom. The molecule has 6 heteroatoms. The van der Waals surface area contributed by atoms with Crippen LogP contribution in [-0.2, 0) is 9.47 Å². The number of nitrogens with zero attached hydrogens (tertiary/aromatic N) is 3. The first-order chi connectivity index (χ1) is 11.4. The topological polar surface area (TPSA) is 54.9 Å². The average Bonchev–Trinajstić information content (AvgIpc) is 2.55. The highest BCUT2D eigenvalue weighted by Gasteiger charge is 2.41. The minimum Gasteiger partial charge on any atom is -0.444 e. The van der Waals surface area contributed by atoms with Crippen molar-refractivity contribution in [3.05, 3.63) is 24.5 Å². The van der Waals surface area contributed by atoms with Gasteiger partial charge in [-0.3, -0.25) is 4.98 Å². The number of hydrogen-bond donors (Lipinski definition) is 0. The van der Waals surface area contributed by atoms with Crippen LogP contribution < -0.4 is 4.90 Å². The second-order valence-corrected chi connectivity index (χ2v) is 7.63. The van der Waals surface area contributed by atoms with E-state index in [2.05, 4.69) is 9.88 Å². The Bertz CT molecular complexity index is 563. The number of rotatable bonds is 1. The number of piperidine rings is 1. The first-order valence-corrected chi connectivity index (χ1v) is 8.64. The molecule has 1 aromatic rings. The molecule has 3 heterocycles. The van der Waals surface area contributed by atoms with E-state index in [1.54, 1.807) is 4.90 Å². The van der Waals surface area contributed by atoms with Crippen molar-refractivity contribution in [3.63, 3.8) is 0 Å². The Kier molecular flexibility index (Phi) is 4.67. The van der Waals surface area contributed by atoms with Crippen molar-refractivity contribution in [1.82, 2.24) is 9.88 Å². The summed E-state index contributed by atoms with van der Waals surface area (Å²) in [5.74, 6) is 0. The van der Waals surface area contributed by atoms with Crippen LogP contribution in [0, 0.1) is 0 Å². The summed E-state index contributed by atoms with van der Waals surface area (Å²) in [6.45, 7) is 9.52. The molecular weight excluding hydrogens is 306 g/mol. The van der Waals surface area contributed by atoms with E-state index in [0.717, 1.165) is 32.5 Å². The van der Waals surface area contributed by atoms with E-state index in [-0.39, 0.29) is 11.7 Å². The normalized spacial score (nSPS) is 21.0. The average molecular weight is 333 g/mol. The minimum absolute atomic E-state index is 0.167. The van der Waals surface area contributed by atoms with Crippen LogP contribution in [0.5, 0.6) is 0 Å². The van der Waals surface area contributed by atoms with Crippen molar-refractivity contribution in [2.24, 2.45) is 0 Å². The molecule has 2 aliphatic heterocycles. The van der Waals surface area contributed by atoms with Crippen molar-refractivity contribution in [1.29, 1.82) is 0 Å². The lowest BCUT2D eigenvalue weighted by atomic mass is 9.89. The van der Waals surface area contributed by atoms with E-state index < -0.39 is 5.60 Å². The molecule has 2 saturated heterocycles. The molecule has 2 aliphatic rings. The Morgan fingerprint density at radius 2 is 1.88 bits per heavy atom. The van der Waals surface area contributed by atoms with Crippen molar-refractivity contribution >= 4 is 11.8 Å². The van der Waals surface area contributed by atoms with Crippen molar-refractivity contribution in [2.75, 3.05) is 37.7 Å². The van der Waals surface area contributed by atoms with Gasteiger partial charge >= 0.3 is 6.09 Å². The van der Waals surface area contributed by atoms with Crippen molar-refractivity contribution in [2.45, 2.75) is 44.8 Å². The van der Waals surface area contributed by atoms with Crippen LogP contribution in [0.1, 0.15) is 33.6 Å². The van der Waals surface area contributed by atoms with E-state index in [1.165, 1.54) is 5.69 Å². The number of aromatic nitrogens is 1. The number of pyridine rings is 1. The molecule has 3 rings (SSSR count). The maximum Gasteiger partial charge on any atom is 0.410 e. The van der Waals surface area contributed by atoms with Gasteiger partial charge < -0.3 is 19.3 Å². The fourth-order valence-corrected chi connectivity index (χ4v) is 3.35. The van der Waals surface area contributed by atoms with Crippen LogP contribution in [-0.4, -0.2) is 60.0 Å². The van der Waals surface area contributed by atoms with E-state index >= 15 is 0 Å². The summed E-state index contributed by atoms with van der Waals surface area (Å²) in [5, 5.41) is 0. The molecule has 1 spiro atoms. The van der Waals surface area contributed by atoms with Gasteiger partial charge in [0.1, 0.15) is 5.60 Å². The summed E-state index contributed by atoms with van der Waals surface area (Å²) in [6.07, 6.45) is 5.10. The van der Waals surface area contributed by atoms with Crippen LogP contribution >= 0.6 is 0 Å². The molecule has 132 valence electrons. The lowest BCUT2D eigenvalue weighted by molar-refractivity contribution is -0.0912. The molecule has 6 nitrogen and oxygen atoms in total. The fourth-order valence-electron chi connectivity index (χ4n) is 3.35. The Balaban J connectivity index is 1.59. The van der Waals surface area contributed by atoms with Gasteiger partial charge in [0.25, 0.3) is 0 Å². The van der Waals surface area contributed by atoms with Crippen LogP contribution in [0.25, 0.3) is 0 Å². The van der Waals surface area contributed by atoms with Crippen molar-refractivity contribution in [3.8, 4) is 0 Å². The highest BCUT2D eigenvalue weighted by atomic mass is 16.6. The van der Waals surface area contributed by atoms with E-state index in [0.29, 0.717) is 13.1 Å². The van der Waals surface area contributed by atoms with Gasteiger partial charge in [-0.25, -0.2) is 4.79 Å². The zero-order valence-corrected chi connectivity index (χ0v) is 14.8. The van der Waals surface area contributed by atoms with Gasteiger partial charge in [0.2, 0.25) is 0 Å². The third-order valence-corrected chi connectivity index (χ3v) is 4.60. The van der Waals surface area contributed by atoms with Gasteiger partial charge in [0.05, 0.1) is 12.2 Å². The summed E-state index contributed by atoms with van der Waals surface area (Å²) < 4.78 is 11.6. The smallest absolute Gasteiger partial charge is 0.410 e. The van der Waals surface area contributed by atoms with Crippen LogP contribution in [0.4, 0.5) is 10.5 Å². The van der Waals surface area contributed by atoms with Gasteiger partial charge in [-0.1, -0.05) is 0 Å². The highest BCUT2D eigenvalue weighted by Crippen LogP contribution is 2.32. The molecule has 0 aromatic carbocycles. The lowest BCUT2D eigenvalue weighted by Crippen LogP contribution is -2.58. The van der Waals surface area contributed by atoms with Crippen LogP contribution in [0.3, 0.4) is 0 Å². The summed E-state index contributed by atoms with van der Waals surface area (Å²) in [7, 11) is 0. The predicted molar refractivity (Wildman–Crippen MR) is 92.2 cm³/mol. The molecule has 0 radical (unpaired) electrons. The number of anilines is 1. The zero-order valence-electron chi connectivity index (χ0n) is 14.8. The number of hydrogen-bond acceptors (Lipinski definition) is 5. The summed E-state index contributed by atoms with van der Waals surface area (Å²) in [4.78, 5) is 20.5. The first kappa shape index (κ1) is 17.0. The Morgan fingerprint density at radius 3 is 2.50 bits per heavy atom. The highest BCUT2D eigenvalue weighted by molar-refractivity contribution is 5.68. The lowest BCUT2D eigenvalue weighted by Gasteiger charge is -2.47. The maximum absolute atomic E-state index is 12.2. The number of likely N-dealkylation sites (tertiary alicyclic amines) is 1. The molecule has 1 amide bonds. The molecule has 1 aromatic heterocycles. The molecule has 24 heavy (non-hydrogen) atoms. The Labute approximate surface area is 143 Å². The SMILES string of the molecule is CC(C)(C)OC(=O)N1CCC2(CC1)CN(c1ccncc1)CCO2. The van der Waals surface area contributed by atoms with Gasteiger partial charge in [0.15, 0.2) is 0 Å². The molecule has 0 unspecified atom stereocenters. The maximum atomic E-state index is 12.2. The molecule has 2 fully saturated rings. The third-order valence-electron chi connectivity index (χ3n) is 4.60. The predicted octanol–water partition coefficient (Wildman–Crippen LogP) is 2.69. The third kappa shape index (κ3) is 3.98. The van der Waals surface area contributed by atoms with Crippen LogP contribution in [0.2, 0.25) is 0 Å². The van der Waals surface area contributed by atoms with Crippen LogP contribution in [0.15, 0.2) is 24.5 Å². The minimum atomic E-state index is -0.453. The second-order valence-electron chi connectivity index (χ2n) is 7.63. The monoisotopic (exact) mass is 333 g/mol. The molecule has 0 saturated carbocycles. The molecule has 0 atom stereocenters. The van der Waals surface area contributed by atoms with Gasteiger partial charge in [-0.15, -0.1) is 0 Å². The number of carbonyl (C=O) groups excluding carboxylic acids is 1. The summed E-state index contributed by atoms with van der Waals surface area (Å²) >= 11 is 0. The first-order valence-electron chi connectivity index (χ1n) is 8.64. The number of morpholine rings is 1. The van der Waals surface area contributed by atoms with E-state index in [1.807, 2.05) is 45.3 Å². The largest absolute Gasteiger partial charge is 0.444 e. The second kappa shape index (κ2) is 6.59. The Hall–Kier alpha value is -1.82. The van der Waals surface area contributed by atoms with E-state index in [4.69, 9.17) is 9.47 Å². The number of amides is 1. The van der Waals surface area contributed by atoms with Gasteiger partial charge in [0, 0.05) is 44.3 Å². The molecule has 0 N–H and O–H groups in total. The number of carbonyl (C=O) groups is 1. The molecule has 0 aliphatic carbocycles. The van der Waals surface area contributed by atoms with Gasteiger partial charge in [-0.05, 0) is 45.7 Å². The fraction of sp³-hybridized carbons (Fsp3) is 0.667. The molecular formula is C18H27N3O3. The summed E-state index contributed by atoms with van der Waals surface area (Å²) in [6, 6.07) is 4.07. The quantitative estimate of drug-likeness (QED) is 0.791. The summed E-state index contributed by atoms with van der Waals surface area (Å²) in [5.41, 5.74) is 0.563. The van der Waals surface area contributed by atoms with E-state index in [9.17, 15) is 4.79 Å². The van der Waals surface area contributed by atoms with Crippen molar-refractivity contribution < 1.29 is 14.3 Å². The standard InChI is InChI=1S/C18H27N3O3/c1-17(2,3)24-16(22)20-10-6-18(7-11-20)14-21(12-13-23-18)15-4-8-19-9-5-15/h4-5,8-9H,6-7,10-14H2,1-3H3. The zero-order chi connectivity index (χ0) is 17.2. The number of ether oxygens (including phenoxy) is 2. The van der Waals surface area contributed by atoms with Gasteiger partial charge in [-0.2, -0.15) is 0 Å².